The van der Waals surface area contributed by atoms with Crippen LogP contribution in [-0.2, 0) is 5.41 Å². The van der Waals surface area contributed by atoms with Crippen LogP contribution in [0.25, 0.3) is 104 Å². The first-order valence-corrected chi connectivity index (χ1v) is 21.7. The van der Waals surface area contributed by atoms with E-state index in [0.29, 0.717) is 0 Å². The number of benzene rings is 9. The Morgan fingerprint density at radius 3 is 1.77 bits per heavy atom. The van der Waals surface area contributed by atoms with Crippen LogP contribution in [0.4, 0.5) is 0 Å². The highest BCUT2D eigenvalue weighted by molar-refractivity contribution is 6.21. The van der Waals surface area contributed by atoms with E-state index in [1.807, 2.05) is 0 Å². The van der Waals surface area contributed by atoms with Gasteiger partial charge in [-0.2, -0.15) is 0 Å². The molecule has 9 aromatic carbocycles. The maximum absolute atomic E-state index is 6.32. The molecule has 2 heterocycles. The molecule has 0 N–H and O–H groups in total. The molecule has 2 heteroatoms. The Morgan fingerprint density at radius 1 is 0.435 bits per heavy atom. The summed E-state index contributed by atoms with van der Waals surface area (Å²) in [5.74, 6) is 0. The monoisotopic (exact) mass is 787 g/mol. The molecule has 0 bridgehead atoms. The van der Waals surface area contributed by atoms with Crippen molar-refractivity contribution >= 4 is 59.8 Å². The van der Waals surface area contributed by atoms with Crippen molar-refractivity contribution in [3.05, 3.63) is 228 Å². The van der Waals surface area contributed by atoms with Crippen LogP contribution in [0.2, 0.25) is 0 Å². The minimum absolute atomic E-state index is 0.318. The van der Waals surface area contributed by atoms with Crippen LogP contribution in [0.15, 0.2) is 210 Å². The van der Waals surface area contributed by atoms with E-state index >= 15 is 0 Å². The summed E-state index contributed by atoms with van der Waals surface area (Å²) in [6.45, 7) is 0. The van der Waals surface area contributed by atoms with Crippen LogP contribution >= 0.6 is 0 Å². The summed E-state index contributed by atoms with van der Waals surface area (Å²) < 4.78 is 6.32. The van der Waals surface area contributed by atoms with E-state index < -0.39 is 0 Å². The Kier molecular flexibility index (Phi) is 6.91. The Bertz CT molecular complexity index is 3750. The molecule has 0 radical (unpaired) electrons. The minimum atomic E-state index is -0.318. The highest BCUT2D eigenvalue weighted by atomic mass is 16.3. The maximum Gasteiger partial charge on any atom is 0.136 e. The molecule has 1 spiro atoms. The number of allylic oxidation sites excluding steroid dienone is 4. The quantitative estimate of drug-likeness (QED) is 0.167. The zero-order chi connectivity index (χ0) is 40.5. The van der Waals surface area contributed by atoms with Crippen molar-refractivity contribution in [1.29, 1.82) is 0 Å². The van der Waals surface area contributed by atoms with E-state index in [-0.39, 0.29) is 5.41 Å². The molecule has 288 valence electrons. The van der Waals surface area contributed by atoms with Crippen LogP contribution in [0.5, 0.6) is 0 Å². The van der Waals surface area contributed by atoms with Gasteiger partial charge in [-0.05, 0) is 149 Å². The average Bonchev–Trinajstić information content (AvgIpc) is 3.95. The van der Waals surface area contributed by atoms with Gasteiger partial charge in [0.1, 0.15) is 11.2 Å². The zero-order valence-corrected chi connectivity index (χ0v) is 33.8. The number of hydrogen-bond donors (Lipinski definition) is 0. The van der Waals surface area contributed by atoms with Crippen molar-refractivity contribution in [2.75, 3.05) is 0 Å². The number of rotatable bonds is 3. The third-order valence-electron chi connectivity index (χ3n) is 14.2. The smallest absolute Gasteiger partial charge is 0.136 e. The molecule has 0 fully saturated rings. The molecule has 0 aliphatic heterocycles. The largest absolute Gasteiger partial charge is 0.456 e. The number of pyridine rings is 1. The third-order valence-corrected chi connectivity index (χ3v) is 14.2. The van der Waals surface area contributed by atoms with Crippen LogP contribution in [-0.4, -0.2) is 4.98 Å². The summed E-state index contributed by atoms with van der Waals surface area (Å²) in [6.07, 6.45) is 8.93. The van der Waals surface area contributed by atoms with Crippen molar-refractivity contribution in [3.63, 3.8) is 0 Å². The second-order valence-electron chi connectivity index (χ2n) is 17.2. The van der Waals surface area contributed by atoms with Crippen molar-refractivity contribution in [2.24, 2.45) is 0 Å². The van der Waals surface area contributed by atoms with Crippen molar-refractivity contribution in [3.8, 4) is 44.6 Å². The van der Waals surface area contributed by atoms with Crippen LogP contribution in [0.1, 0.15) is 35.1 Å². The van der Waals surface area contributed by atoms with Gasteiger partial charge in [-0.3, -0.25) is 4.98 Å². The highest BCUT2D eigenvalue weighted by Crippen LogP contribution is 2.64. The van der Waals surface area contributed by atoms with Crippen molar-refractivity contribution in [1.82, 2.24) is 4.98 Å². The molecular formula is C60H37NO. The van der Waals surface area contributed by atoms with Gasteiger partial charge in [-0.25, -0.2) is 0 Å². The highest BCUT2D eigenvalue weighted by Gasteiger charge is 2.52. The maximum atomic E-state index is 6.32. The standard InChI is InChI=1S/C60H37NO/c1-2-14-37-34-57-50(31-36(37)13-1)49-32-38(27-30-56(49)62-57)55-29-26-40(35-61-55)59-47-20-5-3-18-45(47)58(46-19-4-6-21-48(46)59)39-25-28-44-43-17-9-12-24-53(43)60(54(44)33-39)51-22-10-7-15-41(51)42-16-8-11-23-52(42)60/h1-10,12-22,24-35H,11,23H2. The molecule has 0 saturated carbocycles. The normalized spacial score (nSPS) is 16.2. The Hall–Kier alpha value is -7.81. The predicted molar refractivity (Wildman–Crippen MR) is 257 cm³/mol. The van der Waals surface area contributed by atoms with Gasteiger partial charge in [0, 0.05) is 28.1 Å². The van der Waals surface area contributed by atoms with E-state index in [2.05, 4.69) is 200 Å². The van der Waals surface area contributed by atoms with E-state index in [1.165, 1.54) is 93.5 Å². The van der Waals surface area contributed by atoms with Gasteiger partial charge in [0.15, 0.2) is 0 Å². The first-order chi connectivity index (χ1) is 30.7. The number of nitrogens with zero attached hydrogens (tertiary/aromatic N) is 1. The topological polar surface area (TPSA) is 26.0 Å². The first kappa shape index (κ1) is 34.0. The first-order valence-electron chi connectivity index (χ1n) is 21.7. The molecule has 0 amide bonds. The number of fused-ring (bicyclic) bond motifs is 15. The average molecular weight is 788 g/mol. The number of hydrogen-bond acceptors (Lipinski definition) is 2. The predicted octanol–water partition coefficient (Wildman–Crippen LogP) is 15.9. The zero-order valence-electron chi connectivity index (χ0n) is 33.8. The van der Waals surface area contributed by atoms with Gasteiger partial charge in [0.25, 0.3) is 0 Å². The van der Waals surface area contributed by atoms with E-state index in [0.717, 1.165) is 51.6 Å². The van der Waals surface area contributed by atoms with Crippen LogP contribution < -0.4 is 0 Å². The molecule has 3 aliphatic rings. The fraction of sp³-hybridized carbons (Fsp3) is 0.0500. The molecule has 62 heavy (non-hydrogen) atoms. The number of aromatic nitrogens is 1. The summed E-state index contributed by atoms with van der Waals surface area (Å²) in [6, 6.07) is 67.3. The van der Waals surface area contributed by atoms with Gasteiger partial charge >= 0.3 is 0 Å². The SMILES string of the molecule is C1=CC2=C(CC1)C1(c3ccccc32)c2ccccc2-c2ccc(-c3c4ccccc4c(-c4ccc(-c5ccc6oc7cc8ccccc8cc7c6c5)nc4)c4ccccc34)cc21. The minimum Gasteiger partial charge on any atom is -0.456 e. The lowest BCUT2D eigenvalue weighted by atomic mass is 9.68. The summed E-state index contributed by atoms with van der Waals surface area (Å²) in [7, 11) is 0. The fourth-order valence-corrected chi connectivity index (χ4v) is 11.6. The summed E-state index contributed by atoms with van der Waals surface area (Å²) >= 11 is 0. The second kappa shape index (κ2) is 12.6. The molecule has 11 aromatic rings. The molecule has 14 rings (SSSR count). The van der Waals surface area contributed by atoms with Crippen molar-refractivity contribution < 1.29 is 4.42 Å². The molecule has 3 aliphatic carbocycles. The second-order valence-corrected chi connectivity index (χ2v) is 17.2. The fourth-order valence-electron chi connectivity index (χ4n) is 11.6. The third kappa shape index (κ3) is 4.51. The molecule has 2 aromatic heterocycles. The number of furan rings is 1. The summed E-state index contributed by atoms with van der Waals surface area (Å²) in [5, 5.41) is 9.55. The van der Waals surface area contributed by atoms with Gasteiger partial charge in [-0.1, -0.05) is 152 Å². The molecule has 2 nitrogen and oxygen atoms in total. The van der Waals surface area contributed by atoms with E-state index in [1.54, 1.807) is 0 Å². The Balaban J connectivity index is 0.937. The summed E-state index contributed by atoms with van der Waals surface area (Å²) in [4.78, 5) is 5.15. The van der Waals surface area contributed by atoms with Gasteiger partial charge < -0.3 is 4.42 Å². The molecule has 0 saturated heterocycles. The molecule has 1 unspecified atom stereocenters. The van der Waals surface area contributed by atoms with E-state index in [4.69, 9.17) is 9.40 Å². The lowest BCUT2D eigenvalue weighted by Gasteiger charge is -2.33. The van der Waals surface area contributed by atoms with E-state index in [9.17, 15) is 0 Å². The lowest BCUT2D eigenvalue weighted by molar-refractivity contribution is 0.669. The Morgan fingerprint density at radius 2 is 1.03 bits per heavy atom. The Labute approximate surface area is 358 Å². The van der Waals surface area contributed by atoms with Gasteiger partial charge in [0.2, 0.25) is 0 Å². The summed E-state index contributed by atoms with van der Waals surface area (Å²) in [5.41, 5.74) is 19.5. The van der Waals surface area contributed by atoms with Crippen molar-refractivity contribution in [2.45, 2.75) is 18.3 Å². The lowest BCUT2D eigenvalue weighted by Crippen LogP contribution is -2.27. The van der Waals surface area contributed by atoms with Crippen LogP contribution in [0.3, 0.4) is 0 Å². The van der Waals surface area contributed by atoms with Crippen LogP contribution in [0, 0.1) is 0 Å². The van der Waals surface area contributed by atoms with Gasteiger partial charge in [-0.15, -0.1) is 0 Å². The molecular weight excluding hydrogens is 751 g/mol. The van der Waals surface area contributed by atoms with Gasteiger partial charge in [0.05, 0.1) is 11.1 Å². The molecule has 1 atom stereocenters.